The number of rotatable bonds is 6. The SMILES string of the molecule is O=C(CC(=O)OC(CS(=O)(=O)O)C(F)(F)F)Oc1cc(I)c(I)cc1I. The van der Waals surface area contributed by atoms with Gasteiger partial charge in [-0.15, -0.1) is 0 Å². The van der Waals surface area contributed by atoms with Crippen molar-refractivity contribution >= 4 is 89.8 Å². The largest absolute Gasteiger partial charge is 0.451 e. The van der Waals surface area contributed by atoms with Crippen molar-refractivity contribution in [3.8, 4) is 5.75 Å². The molecule has 0 aliphatic heterocycles. The zero-order valence-corrected chi connectivity index (χ0v) is 19.5. The molecule has 26 heavy (non-hydrogen) atoms. The predicted octanol–water partition coefficient (Wildman–Crippen LogP) is 3.16. The van der Waals surface area contributed by atoms with Crippen molar-refractivity contribution in [2.75, 3.05) is 5.75 Å². The van der Waals surface area contributed by atoms with E-state index in [1.165, 1.54) is 6.07 Å². The Balaban J connectivity index is 2.77. The zero-order chi connectivity index (χ0) is 20.3. The Morgan fingerprint density at radius 1 is 1.08 bits per heavy atom. The predicted molar refractivity (Wildman–Crippen MR) is 107 cm³/mol. The zero-order valence-electron chi connectivity index (χ0n) is 12.2. The van der Waals surface area contributed by atoms with Gasteiger partial charge in [0.15, 0.2) is 0 Å². The van der Waals surface area contributed by atoms with Gasteiger partial charge >= 0.3 is 18.1 Å². The number of hydrogen-bond donors (Lipinski definition) is 1. The monoisotopic (exact) mass is 734 g/mol. The summed E-state index contributed by atoms with van der Waals surface area (Å²) >= 11 is 5.89. The average molecular weight is 734 g/mol. The molecule has 1 atom stereocenters. The summed E-state index contributed by atoms with van der Waals surface area (Å²) in [4.78, 5) is 23.2. The van der Waals surface area contributed by atoms with Crippen LogP contribution in [0.5, 0.6) is 5.75 Å². The second kappa shape index (κ2) is 9.50. The smallest absolute Gasteiger partial charge is 0.426 e. The van der Waals surface area contributed by atoms with Crippen molar-refractivity contribution in [1.82, 2.24) is 0 Å². The van der Waals surface area contributed by atoms with Gasteiger partial charge in [0, 0.05) is 7.14 Å². The molecule has 0 saturated carbocycles. The molecule has 1 aromatic rings. The second-order valence-corrected chi connectivity index (χ2v) is 9.60. The van der Waals surface area contributed by atoms with E-state index in [2.05, 4.69) is 4.74 Å². The summed E-state index contributed by atoms with van der Waals surface area (Å²) in [6.07, 6.45) is -9.51. The van der Waals surface area contributed by atoms with Gasteiger partial charge in [0.25, 0.3) is 10.1 Å². The lowest BCUT2D eigenvalue weighted by molar-refractivity contribution is -0.215. The molecule has 0 bridgehead atoms. The van der Waals surface area contributed by atoms with Crippen molar-refractivity contribution in [1.29, 1.82) is 0 Å². The average Bonchev–Trinajstić information content (AvgIpc) is 2.41. The molecule has 0 heterocycles. The van der Waals surface area contributed by atoms with Crippen molar-refractivity contribution in [3.05, 3.63) is 22.8 Å². The molecule has 0 aromatic heterocycles. The number of hydrogen-bond acceptors (Lipinski definition) is 6. The number of esters is 2. The van der Waals surface area contributed by atoms with Gasteiger partial charge < -0.3 is 9.47 Å². The number of alkyl halides is 3. The van der Waals surface area contributed by atoms with Gasteiger partial charge in [-0.3, -0.25) is 14.1 Å². The molecule has 0 spiro atoms. The third-order valence-electron chi connectivity index (χ3n) is 2.49. The molecule has 1 aromatic carbocycles. The van der Waals surface area contributed by atoms with Crippen molar-refractivity contribution in [2.45, 2.75) is 18.7 Å². The molecular formula is C12H8F3I3O7S. The van der Waals surface area contributed by atoms with E-state index in [-0.39, 0.29) is 5.75 Å². The first-order valence-corrected chi connectivity index (χ1v) is 11.1. The fraction of sp³-hybridized carbons (Fsp3) is 0.333. The third-order valence-corrected chi connectivity index (χ3v) is 6.87. The normalized spacial score (nSPS) is 13.2. The van der Waals surface area contributed by atoms with Crippen LogP contribution < -0.4 is 4.74 Å². The van der Waals surface area contributed by atoms with E-state index in [0.29, 0.717) is 3.57 Å². The van der Waals surface area contributed by atoms with E-state index in [1.54, 1.807) is 6.07 Å². The summed E-state index contributed by atoms with van der Waals surface area (Å²) in [6.45, 7) is 0. The van der Waals surface area contributed by atoms with Gasteiger partial charge in [-0.25, -0.2) is 0 Å². The first kappa shape index (κ1) is 24.1. The molecule has 0 aliphatic rings. The standard InChI is InChI=1S/C12H8F3I3O7S/c13-12(14,15)9(4-26(21,22)23)25-11(20)3-10(19)24-8-2-6(17)5(16)1-7(8)18/h1-2,9H,3-4H2,(H,21,22,23). The minimum Gasteiger partial charge on any atom is -0.451 e. The molecule has 146 valence electrons. The summed E-state index contributed by atoms with van der Waals surface area (Å²) in [6, 6.07) is 3.19. The molecule has 1 N–H and O–H groups in total. The molecular weight excluding hydrogens is 726 g/mol. The highest BCUT2D eigenvalue weighted by atomic mass is 127. The molecule has 0 aliphatic carbocycles. The fourth-order valence-corrected chi connectivity index (χ4v) is 4.16. The lowest BCUT2D eigenvalue weighted by atomic mass is 10.3. The Morgan fingerprint density at radius 3 is 2.12 bits per heavy atom. The molecule has 7 nitrogen and oxygen atoms in total. The first-order chi connectivity index (χ1) is 11.7. The number of ether oxygens (including phenoxy) is 2. The van der Waals surface area contributed by atoms with Crippen LogP contribution in [0, 0.1) is 10.7 Å². The first-order valence-electron chi connectivity index (χ1n) is 6.25. The van der Waals surface area contributed by atoms with Gasteiger partial charge in [-0.1, -0.05) is 0 Å². The number of carbonyl (C=O) groups excluding carboxylic acids is 2. The number of halogens is 6. The van der Waals surface area contributed by atoms with E-state index >= 15 is 0 Å². The summed E-state index contributed by atoms with van der Waals surface area (Å²) in [5.74, 6) is -4.59. The molecule has 0 amide bonds. The molecule has 14 heteroatoms. The molecule has 0 fully saturated rings. The highest BCUT2D eigenvalue weighted by Crippen LogP contribution is 2.28. The molecule has 0 saturated heterocycles. The van der Waals surface area contributed by atoms with E-state index in [1.807, 2.05) is 67.8 Å². The minimum atomic E-state index is -5.24. The van der Waals surface area contributed by atoms with E-state index in [4.69, 9.17) is 9.29 Å². The van der Waals surface area contributed by atoms with Crippen molar-refractivity contribution < 1.29 is 45.2 Å². The van der Waals surface area contributed by atoms with Gasteiger partial charge in [-0.2, -0.15) is 21.6 Å². The maximum atomic E-state index is 12.7. The Hall–Kier alpha value is 0.0500. The number of benzene rings is 1. The molecule has 1 rings (SSSR count). The van der Waals surface area contributed by atoms with Crippen molar-refractivity contribution in [3.63, 3.8) is 0 Å². The molecule has 1 unspecified atom stereocenters. The van der Waals surface area contributed by atoms with Crippen LogP contribution in [-0.4, -0.2) is 42.9 Å². The Bertz CT molecular complexity index is 811. The lowest BCUT2D eigenvalue weighted by Gasteiger charge is -2.19. The van der Waals surface area contributed by atoms with Gasteiger partial charge in [0.2, 0.25) is 6.10 Å². The summed E-state index contributed by atoms with van der Waals surface area (Å²) in [5.41, 5.74) is 0. The minimum absolute atomic E-state index is 0.110. The third kappa shape index (κ3) is 8.38. The van der Waals surface area contributed by atoms with Crippen molar-refractivity contribution in [2.24, 2.45) is 0 Å². The van der Waals surface area contributed by atoms with Crippen LogP contribution in [-0.2, 0) is 24.4 Å². The van der Waals surface area contributed by atoms with Crippen LogP contribution >= 0.6 is 67.8 Å². The Kier molecular flexibility index (Phi) is 8.80. The van der Waals surface area contributed by atoms with E-state index < -0.39 is 46.5 Å². The summed E-state index contributed by atoms with van der Waals surface area (Å²) < 4.78 is 78.7. The van der Waals surface area contributed by atoms with Gasteiger partial charge in [0.05, 0.1) is 3.57 Å². The molecule has 0 radical (unpaired) electrons. The van der Waals surface area contributed by atoms with Gasteiger partial charge in [0.1, 0.15) is 17.9 Å². The second-order valence-electron chi connectivity index (χ2n) is 4.62. The van der Waals surface area contributed by atoms with E-state index in [0.717, 1.165) is 7.14 Å². The Labute approximate surface area is 186 Å². The van der Waals surface area contributed by atoms with Crippen LogP contribution in [0.3, 0.4) is 0 Å². The maximum Gasteiger partial charge on any atom is 0.426 e. The number of carbonyl (C=O) groups is 2. The van der Waals surface area contributed by atoms with Crippen LogP contribution in [0.2, 0.25) is 0 Å². The van der Waals surface area contributed by atoms with Crippen LogP contribution in [0.4, 0.5) is 13.2 Å². The summed E-state index contributed by atoms with van der Waals surface area (Å²) in [5, 5.41) is 0. The van der Waals surface area contributed by atoms with Crippen LogP contribution in [0.25, 0.3) is 0 Å². The topological polar surface area (TPSA) is 107 Å². The lowest BCUT2D eigenvalue weighted by Crippen LogP contribution is -2.40. The summed E-state index contributed by atoms with van der Waals surface area (Å²) in [7, 11) is -5.06. The quantitative estimate of drug-likeness (QED) is 0.120. The highest BCUT2D eigenvalue weighted by Gasteiger charge is 2.45. The van der Waals surface area contributed by atoms with E-state index in [9.17, 15) is 31.2 Å². The van der Waals surface area contributed by atoms with Crippen LogP contribution in [0.15, 0.2) is 12.1 Å². The fourth-order valence-electron chi connectivity index (χ4n) is 1.45. The highest BCUT2D eigenvalue weighted by molar-refractivity contribution is 14.1. The van der Waals surface area contributed by atoms with Crippen LogP contribution in [0.1, 0.15) is 6.42 Å². The Morgan fingerprint density at radius 2 is 1.62 bits per heavy atom. The van der Waals surface area contributed by atoms with Gasteiger partial charge in [-0.05, 0) is 79.9 Å². The maximum absolute atomic E-state index is 12.7.